The molecule has 3 nitrogen and oxygen atoms in total. The largest absolute Gasteiger partial charge is 0.411 e. The summed E-state index contributed by atoms with van der Waals surface area (Å²) in [5, 5.41) is 3.14. The van der Waals surface area contributed by atoms with Crippen molar-refractivity contribution in [1.29, 1.82) is 0 Å². The van der Waals surface area contributed by atoms with Crippen LogP contribution >= 0.6 is 0 Å². The Morgan fingerprint density at radius 3 is 2.60 bits per heavy atom. The number of halogens is 3. The number of hydrogen-bond donors (Lipinski definition) is 2. The van der Waals surface area contributed by atoms with Gasteiger partial charge >= 0.3 is 6.18 Å². The normalized spacial score (nSPS) is 14.2. The summed E-state index contributed by atoms with van der Waals surface area (Å²) in [7, 11) is 0. The van der Waals surface area contributed by atoms with Crippen LogP contribution in [0.1, 0.15) is 19.8 Å². The first-order valence-corrected chi connectivity index (χ1v) is 5.03. The van der Waals surface area contributed by atoms with Gasteiger partial charge in [-0.15, -0.1) is 0 Å². The molecule has 0 aromatic rings. The molecule has 3 N–H and O–H groups in total. The van der Waals surface area contributed by atoms with Gasteiger partial charge in [0, 0.05) is 12.6 Å². The van der Waals surface area contributed by atoms with Crippen molar-refractivity contribution in [2.45, 2.75) is 32.0 Å². The van der Waals surface area contributed by atoms with Crippen LogP contribution in [0.3, 0.4) is 0 Å². The van der Waals surface area contributed by atoms with E-state index in [-0.39, 0.29) is 6.61 Å². The third-order valence-corrected chi connectivity index (χ3v) is 1.82. The van der Waals surface area contributed by atoms with Gasteiger partial charge in [0.15, 0.2) is 0 Å². The van der Waals surface area contributed by atoms with Crippen LogP contribution in [0.25, 0.3) is 0 Å². The van der Waals surface area contributed by atoms with Crippen molar-refractivity contribution in [3.63, 3.8) is 0 Å². The molecule has 0 saturated carbocycles. The van der Waals surface area contributed by atoms with Gasteiger partial charge in [-0.05, 0) is 32.9 Å². The lowest BCUT2D eigenvalue weighted by Crippen LogP contribution is -2.30. The molecule has 1 atom stereocenters. The van der Waals surface area contributed by atoms with Gasteiger partial charge in [0.1, 0.15) is 6.61 Å². The fraction of sp³-hybridized carbons (Fsp3) is 1.00. The summed E-state index contributed by atoms with van der Waals surface area (Å²) >= 11 is 0. The van der Waals surface area contributed by atoms with Crippen LogP contribution in [0, 0.1) is 0 Å². The zero-order chi connectivity index (χ0) is 11.7. The summed E-state index contributed by atoms with van der Waals surface area (Å²) in [5.41, 5.74) is 5.34. The highest BCUT2D eigenvalue weighted by Gasteiger charge is 2.27. The Hall–Kier alpha value is -0.330. The van der Waals surface area contributed by atoms with E-state index < -0.39 is 12.8 Å². The van der Waals surface area contributed by atoms with Crippen molar-refractivity contribution in [2.24, 2.45) is 5.73 Å². The Labute approximate surface area is 88.2 Å². The molecule has 0 rings (SSSR count). The molecule has 0 heterocycles. The van der Waals surface area contributed by atoms with E-state index in [0.29, 0.717) is 25.6 Å². The summed E-state index contributed by atoms with van der Waals surface area (Å²) in [6, 6.07) is 0.303. The van der Waals surface area contributed by atoms with Crippen molar-refractivity contribution in [3.8, 4) is 0 Å². The zero-order valence-electron chi connectivity index (χ0n) is 8.94. The second-order valence-corrected chi connectivity index (χ2v) is 3.45. The molecule has 0 amide bonds. The standard InChI is InChI=1S/C9H19F3N2O/c1-8(3-4-13)14-5-2-6-15-7-9(10,11)12/h8,14H,2-7,13H2,1H3. The van der Waals surface area contributed by atoms with E-state index in [0.717, 1.165) is 6.42 Å². The summed E-state index contributed by atoms with van der Waals surface area (Å²) in [5.74, 6) is 0. The van der Waals surface area contributed by atoms with E-state index in [2.05, 4.69) is 10.1 Å². The molecule has 6 heteroatoms. The van der Waals surface area contributed by atoms with Crippen LogP contribution in [-0.2, 0) is 4.74 Å². The van der Waals surface area contributed by atoms with Gasteiger partial charge in [0.25, 0.3) is 0 Å². The summed E-state index contributed by atoms with van der Waals surface area (Å²) < 4.78 is 39.4. The van der Waals surface area contributed by atoms with Crippen LogP contribution in [-0.4, -0.2) is 38.5 Å². The van der Waals surface area contributed by atoms with Gasteiger partial charge < -0.3 is 15.8 Å². The molecule has 0 aliphatic carbocycles. The number of nitrogens with one attached hydrogen (secondary N) is 1. The van der Waals surface area contributed by atoms with Gasteiger partial charge in [-0.2, -0.15) is 13.2 Å². The van der Waals surface area contributed by atoms with Crippen molar-refractivity contribution in [1.82, 2.24) is 5.32 Å². The Morgan fingerprint density at radius 1 is 1.40 bits per heavy atom. The maximum absolute atomic E-state index is 11.6. The molecule has 15 heavy (non-hydrogen) atoms. The second-order valence-electron chi connectivity index (χ2n) is 3.45. The summed E-state index contributed by atoms with van der Waals surface area (Å²) in [6.07, 6.45) is -2.78. The molecule has 0 aliphatic heterocycles. The minimum absolute atomic E-state index is 0.127. The van der Waals surface area contributed by atoms with Gasteiger partial charge in [-0.3, -0.25) is 0 Å². The average Bonchev–Trinajstić information content (AvgIpc) is 2.09. The van der Waals surface area contributed by atoms with Crippen LogP contribution in [0.15, 0.2) is 0 Å². The van der Waals surface area contributed by atoms with E-state index in [1.54, 1.807) is 0 Å². The van der Waals surface area contributed by atoms with Crippen molar-refractivity contribution in [2.75, 3.05) is 26.3 Å². The monoisotopic (exact) mass is 228 g/mol. The molecule has 0 radical (unpaired) electrons. The molecule has 0 aliphatic rings. The summed E-state index contributed by atoms with van der Waals surface area (Å²) in [4.78, 5) is 0. The number of hydrogen-bond acceptors (Lipinski definition) is 3. The predicted octanol–water partition coefficient (Wildman–Crippen LogP) is 1.28. The minimum Gasteiger partial charge on any atom is -0.372 e. The highest BCUT2D eigenvalue weighted by molar-refractivity contribution is 4.60. The molecule has 0 aromatic heterocycles. The van der Waals surface area contributed by atoms with E-state index in [1.165, 1.54) is 0 Å². The highest BCUT2D eigenvalue weighted by Crippen LogP contribution is 2.14. The summed E-state index contributed by atoms with van der Waals surface area (Å²) in [6.45, 7) is 2.22. The topological polar surface area (TPSA) is 47.3 Å². The van der Waals surface area contributed by atoms with Gasteiger partial charge in [0.05, 0.1) is 0 Å². The number of alkyl halides is 3. The first kappa shape index (κ1) is 14.7. The molecule has 1 unspecified atom stereocenters. The lowest BCUT2D eigenvalue weighted by molar-refractivity contribution is -0.173. The van der Waals surface area contributed by atoms with Gasteiger partial charge in [0.2, 0.25) is 0 Å². The first-order chi connectivity index (χ1) is 6.95. The SMILES string of the molecule is CC(CCN)NCCCOCC(F)(F)F. The molecular weight excluding hydrogens is 209 g/mol. The number of rotatable bonds is 8. The van der Waals surface area contributed by atoms with Crippen LogP contribution in [0.4, 0.5) is 13.2 Å². The Balaban J connectivity index is 3.18. The molecule has 0 aromatic carbocycles. The van der Waals surface area contributed by atoms with Crippen LogP contribution in [0.5, 0.6) is 0 Å². The third kappa shape index (κ3) is 11.6. The average molecular weight is 228 g/mol. The Kier molecular flexibility index (Phi) is 7.72. The first-order valence-electron chi connectivity index (χ1n) is 5.03. The fourth-order valence-electron chi connectivity index (χ4n) is 1.06. The van der Waals surface area contributed by atoms with E-state index >= 15 is 0 Å². The van der Waals surface area contributed by atoms with Crippen molar-refractivity contribution < 1.29 is 17.9 Å². The Bertz CT molecular complexity index is 153. The molecule has 0 fully saturated rings. The third-order valence-electron chi connectivity index (χ3n) is 1.82. The van der Waals surface area contributed by atoms with Gasteiger partial charge in [-0.1, -0.05) is 0 Å². The molecule has 0 bridgehead atoms. The lowest BCUT2D eigenvalue weighted by atomic mass is 10.2. The van der Waals surface area contributed by atoms with Gasteiger partial charge in [-0.25, -0.2) is 0 Å². The smallest absolute Gasteiger partial charge is 0.372 e. The molecule has 0 spiro atoms. The fourth-order valence-corrected chi connectivity index (χ4v) is 1.06. The van der Waals surface area contributed by atoms with E-state index in [9.17, 15) is 13.2 Å². The number of ether oxygens (including phenoxy) is 1. The molecule has 92 valence electrons. The van der Waals surface area contributed by atoms with E-state index in [1.807, 2.05) is 6.92 Å². The van der Waals surface area contributed by atoms with Crippen molar-refractivity contribution >= 4 is 0 Å². The lowest BCUT2D eigenvalue weighted by Gasteiger charge is -2.12. The zero-order valence-corrected chi connectivity index (χ0v) is 8.94. The van der Waals surface area contributed by atoms with Crippen LogP contribution < -0.4 is 11.1 Å². The quantitative estimate of drug-likeness (QED) is 0.615. The maximum atomic E-state index is 11.6. The maximum Gasteiger partial charge on any atom is 0.411 e. The molecular formula is C9H19F3N2O. The van der Waals surface area contributed by atoms with Crippen molar-refractivity contribution in [3.05, 3.63) is 0 Å². The van der Waals surface area contributed by atoms with Crippen LogP contribution in [0.2, 0.25) is 0 Å². The van der Waals surface area contributed by atoms with E-state index in [4.69, 9.17) is 5.73 Å². The number of nitrogens with two attached hydrogens (primary N) is 1. The second kappa shape index (κ2) is 7.90. The minimum atomic E-state index is -4.22. The Morgan fingerprint density at radius 2 is 2.07 bits per heavy atom. The molecule has 0 saturated heterocycles. The highest BCUT2D eigenvalue weighted by atomic mass is 19.4. The predicted molar refractivity (Wildman–Crippen MR) is 52.6 cm³/mol.